The van der Waals surface area contributed by atoms with E-state index in [0.717, 1.165) is 11.1 Å². The molecule has 0 unspecified atom stereocenters. The van der Waals surface area contributed by atoms with Crippen LogP contribution in [0, 0.1) is 6.92 Å². The van der Waals surface area contributed by atoms with Gasteiger partial charge in [-0.3, -0.25) is 9.59 Å². The third-order valence-electron chi connectivity index (χ3n) is 3.37. The Morgan fingerprint density at radius 1 is 1.13 bits per heavy atom. The maximum atomic E-state index is 12.2. The molecule has 6 nitrogen and oxygen atoms in total. The van der Waals surface area contributed by atoms with E-state index in [9.17, 15) is 9.59 Å². The van der Waals surface area contributed by atoms with E-state index in [0.29, 0.717) is 10.8 Å². The lowest BCUT2D eigenvalue weighted by atomic mass is 10.1. The number of amides is 1. The van der Waals surface area contributed by atoms with Gasteiger partial charge in [0.15, 0.2) is 5.69 Å². The van der Waals surface area contributed by atoms with Gasteiger partial charge >= 0.3 is 0 Å². The molecule has 23 heavy (non-hydrogen) atoms. The zero-order chi connectivity index (χ0) is 16.2. The van der Waals surface area contributed by atoms with Crippen LogP contribution in [0.4, 0.5) is 0 Å². The summed E-state index contributed by atoms with van der Waals surface area (Å²) >= 11 is 0. The summed E-state index contributed by atoms with van der Waals surface area (Å²) in [5.41, 5.74) is 4.23. The van der Waals surface area contributed by atoms with Crippen molar-refractivity contribution in [3.05, 3.63) is 75.7 Å². The molecule has 0 aliphatic rings. The van der Waals surface area contributed by atoms with E-state index >= 15 is 0 Å². The van der Waals surface area contributed by atoms with Crippen molar-refractivity contribution in [3.8, 4) is 0 Å². The van der Waals surface area contributed by atoms with Gasteiger partial charge in [0.25, 0.3) is 11.5 Å². The number of nitrogens with one attached hydrogen (secondary N) is 2. The summed E-state index contributed by atoms with van der Waals surface area (Å²) in [4.78, 5) is 23.9. The van der Waals surface area contributed by atoms with E-state index in [1.807, 2.05) is 31.2 Å². The molecule has 2 aromatic carbocycles. The molecule has 0 saturated carbocycles. The van der Waals surface area contributed by atoms with Crippen LogP contribution >= 0.6 is 0 Å². The van der Waals surface area contributed by atoms with E-state index < -0.39 is 5.91 Å². The number of hydrogen-bond acceptors (Lipinski definition) is 4. The van der Waals surface area contributed by atoms with Crippen LogP contribution in [0.2, 0.25) is 0 Å². The summed E-state index contributed by atoms with van der Waals surface area (Å²) in [6.07, 6.45) is 1.55. The fourth-order valence-corrected chi connectivity index (χ4v) is 2.16. The zero-order valence-corrected chi connectivity index (χ0v) is 12.4. The Morgan fingerprint density at radius 3 is 2.57 bits per heavy atom. The highest BCUT2D eigenvalue weighted by molar-refractivity contribution is 6.04. The monoisotopic (exact) mass is 306 g/mol. The van der Waals surface area contributed by atoms with Crippen LogP contribution in [0.25, 0.3) is 10.8 Å². The van der Waals surface area contributed by atoms with Crippen LogP contribution in [-0.4, -0.2) is 22.3 Å². The molecule has 0 atom stereocenters. The van der Waals surface area contributed by atoms with Crippen LogP contribution < -0.4 is 11.0 Å². The number of aromatic nitrogens is 2. The maximum absolute atomic E-state index is 12.2. The van der Waals surface area contributed by atoms with Crippen LogP contribution in [-0.2, 0) is 0 Å². The first-order chi connectivity index (χ1) is 11.1. The van der Waals surface area contributed by atoms with Crippen LogP contribution in [0.3, 0.4) is 0 Å². The Morgan fingerprint density at radius 2 is 1.83 bits per heavy atom. The number of benzene rings is 2. The second-order valence-electron chi connectivity index (χ2n) is 5.06. The third kappa shape index (κ3) is 3.16. The number of nitrogens with zero attached hydrogens (tertiary/aromatic N) is 2. The van der Waals surface area contributed by atoms with Crippen LogP contribution in [0.15, 0.2) is 58.4 Å². The Hall–Kier alpha value is -3.28. The second-order valence-corrected chi connectivity index (χ2v) is 5.06. The molecule has 2 N–H and O–H groups in total. The van der Waals surface area contributed by atoms with Crippen LogP contribution in [0.1, 0.15) is 21.6 Å². The van der Waals surface area contributed by atoms with Crippen molar-refractivity contribution >= 4 is 22.9 Å². The molecular weight excluding hydrogens is 292 g/mol. The zero-order valence-electron chi connectivity index (χ0n) is 12.4. The van der Waals surface area contributed by atoms with Crippen molar-refractivity contribution in [2.75, 3.05) is 0 Å². The molecule has 114 valence electrons. The second kappa shape index (κ2) is 6.23. The van der Waals surface area contributed by atoms with Crippen molar-refractivity contribution in [1.29, 1.82) is 0 Å². The number of rotatable bonds is 3. The quantitative estimate of drug-likeness (QED) is 0.573. The van der Waals surface area contributed by atoms with Crippen LogP contribution in [0.5, 0.6) is 0 Å². The first kappa shape index (κ1) is 14.6. The highest BCUT2D eigenvalue weighted by Crippen LogP contribution is 2.11. The van der Waals surface area contributed by atoms with E-state index in [1.54, 1.807) is 30.5 Å². The lowest BCUT2D eigenvalue weighted by molar-refractivity contribution is 0.0951. The largest absolute Gasteiger partial charge is 0.292 e. The van der Waals surface area contributed by atoms with Gasteiger partial charge in [-0.2, -0.15) is 10.2 Å². The summed E-state index contributed by atoms with van der Waals surface area (Å²) in [6.45, 7) is 2.00. The Labute approximate surface area is 131 Å². The number of hydrazone groups is 1. The van der Waals surface area contributed by atoms with Gasteiger partial charge in [0.05, 0.1) is 11.6 Å². The molecule has 0 spiro atoms. The molecule has 1 heterocycles. The predicted octanol–water partition coefficient (Wildman–Crippen LogP) is 2.00. The first-order valence-electron chi connectivity index (χ1n) is 7.02. The molecule has 6 heteroatoms. The summed E-state index contributed by atoms with van der Waals surface area (Å²) < 4.78 is 0. The number of fused-ring (bicyclic) bond motifs is 1. The average Bonchev–Trinajstić information content (AvgIpc) is 2.57. The highest BCUT2D eigenvalue weighted by atomic mass is 16.2. The smallest absolute Gasteiger partial charge is 0.267 e. The van der Waals surface area contributed by atoms with Gasteiger partial charge in [0.2, 0.25) is 0 Å². The summed E-state index contributed by atoms with van der Waals surface area (Å²) in [6, 6.07) is 14.5. The molecule has 0 fully saturated rings. The van der Waals surface area contributed by atoms with Gasteiger partial charge in [0.1, 0.15) is 0 Å². The molecule has 3 rings (SSSR count). The third-order valence-corrected chi connectivity index (χ3v) is 3.37. The minimum atomic E-state index is -0.485. The number of H-pyrrole nitrogens is 1. The van der Waals surface area contributed by atoms with E-state index in [2.05, 4.69) is 20.7 Å². The topological polar surface area (TPSA) is 87.2 Å². The normalized spacial score (nSPS) is 11.0. The van der Waals surface area contributed by atoms with Gasteiger partial charge in [-0.15, -0.1) is 0 Å². The average molecular weight is 306 g/mol. The minimum absolute atomic E-state index is 0.126. The van der Waals surface area contributed by atoms with E-state index in [4.69, 9.17) is 0 Å². The van der Waals surface area contributed by atoms with Gasteiger partial charge in [-0.1, -0.05) is 48.0 Å². The fourth-order valence-electron chi connectivity index (χ4n) is 2.16. The van der Waals surface area contributed by atoms with Crippen molar-refractivity contribution in [2.24, 2.45) is 5.10 Å². The van der Waals surface area contributed by atoms with E-state index in [-0.39, 0.29) is 11.3 Å². The summed E-state index contributed by atoms with van der Waals surface area (Å²) in [5, 5.41) is 11.0. The fraction of sp³-hybridized carbons (Fsp3) is 0.0588. The minimum Gasteiger partial charge on any atom is -0.267 e. The standard InChI is InChI=1S/C17H14N4O2/c1-11-6-8-12(9-7-11)10-18-20-17(23)15-13-4-2-3-5-14(13)16(22)21-19-15/h2-10H,1H3,(H,20,23)(H,21,22)/b18-10-. The number of hydrogen-bond donors (Lipinski definition) is 2. The molecular formula is C17H14N4O2. The number of carbonyl (C=O) groups is 1. The van der Waals surface area contributed by atoms with Gasteiger partial charge in [-0.05, 0) is 18.6 Å². The summed E-state index contributed by atoms with van der Waals surface area (Å²) in [7, 11) is 0. The molecule has 0 radical (unpaired) electrons. The Kier molecular flexibility index (Phi) is 3.97. The lowest BCUT2D eigenvalue weighted by Gasteiger charge is -2.03. The van der Waals surface area contributed by atoms with Crippen molar-refractivity contribution in [1.82, 2.24) is 15.6 Å². The molecule has 1 amide bonds. The van der Waals surface area contributed by atoms with E-state index in [1.165, 1.54) is 0 Å². The Bertz CT molecular complexity index is 943. The molecule has 0 aliphatic heterocycles. The first-order valence-corrected chi connectivity index (χ1v) is 7.02. The number of carbonyl (C=O) groups excluding carboxylic acids is 1. The molecule has 1 aromatic heterocycles. The lowest BCUT2D eigenvalue weighted by Crippen LogP contribution is -2.22. The number of aromatic amines is 1. The van der Waals surface area contributed by atoms with Gasteiger partial charge in [0, 0.05) is 5.39 Å². The maximum Gasteiger partial charge on any atom is 0.292 e. The van der Waals surface area contributed by atoms with Crippen molar-refractivity contribution < 1.29 is 4.79 Å². The molecule has 0 aliphatic carbocycles. The van der Waals surface area contributed by atoms with Gasteiger partial charge in [-0.25, -0.2) is 10.5 Å². The number of aryl methyl sites for hydroxylation is 1. The summed E-state index contributed by atoms with van der Waals surface area (Å²) in [5.74, 6) is -0.485. The predicted molar refractivity (Wildman–Crippen MR) is 88.6 cm³/mol. The van der Waals surface area contributed by atoms with Gasteiger partial charge < -0.3 is 0 Å². The highest BCUT2D eigenvalue weighted by Gasteiger charge is 2.12. The molecule has 0 saturated heterocycles. The Balaban J connectivity index is 1.83. The van der Waals surface area contributed by atoms with Crippen molar-refractivity contribution in [2.45, 2.75) is 6.92 Å². The SMILES string of the molecule is Cc1ccc(/C=N\NC(=O)c2n[nH]c(=O)c3ccccc23)cc1. The molecule has 0 bridgehead atoms. The molecule has 3 aromatic rings. The van der Waals surface area contributed by atoms with Crippen molar-refractivity contribution in [3.63, 3.8) is 0 Å².